The van der Waals surface area contributed by atoms with E-state index in [1.165, 1.54) is 11.8 Å². The first-order valence-electron chi connectivity index (χ1n) is 8.35. The van der Waals surface area contributed by atoms with E-state index >= 15 is 0 Å². The molecule has 2 saturated heterocycles. The maximum atomic E-state index is 12.6. The Hall–Kier alpha value is -1.08. The van der Waals surface area contributed by atoms with Crippen LogP contribution >= 0.6 is 23.4 Å². The van der Waals surface area contributed by atoms with Gasteiger partial charge in [0, 0.05) is 12.8 Å². The summed E-state index contributed by atoms with van der Waals surface area (Å²) in [6.07, 6.45) is 0.696. The number of sulfone groups is 1. The molecule has 0 saturated carbocycles. The summed E-state index contributed by atoms with van der Waals surface area (Å²) in [5.74, 6) is -1.01. The van der Waals surface area contributed by atoms with E-state index in [2.05, 4.69) is 26.0 Å². The second-order valence-electron chi connectivity index (χ2n) is 6.18. The Morgan fingerprint density at radius 2 is 2.00 bits per heavy atom. The highest BCUT2D eigenvalue weighted by atomic mass is 35.5. The van der Waals surface area contributed by atoms with Crippen LogP contribution in [0.5, 0.6) is 0 Å². The third-order valence-corrected chi connectivity index (χ3v) is 6.96. The van der Waals surface area contributed by atoms with E-state index in [4.69, 9.17) is 11.6 Å². The standard InChI is InChI=1S/C14H23ClN4O6S2/c1-3-25-14(22)19-10(20)7-4-5-26-12(7)18-11(21)9-8(15)6-16-13(17-9)27(2,23)24/h7-9,12-13,16-17H,3-6H2,1-2H3,(H,18,21)(H,19,20,22). The van der Waals surface area contributed by atoms with Crippen molar-refractivity contribution in [3.05, 3.63) is 0 Å². The van der Waals surface area contributed by atoms with E-state index in [9.17, 15) is 22.8 Å². The van der Waals surface area contributed by atoms with Gasteiger partial charge in [-0.05, 0) is 19.1 Å². The van der Waals surface area contributed by atoms with E-state index in [1.807, 2.05) is 0 Å². The van der Waals surface area contributed by atoms with E-state index in [0.29, 0.717) is 12.2 Å². The number of carbonyl (C=O) groups is 3. The van der Waals surface area contributed by atoms with Crippen LogP contribution in [0.1, 0.15) is 13.3 Å². The van der Waals surface area contributed by atoms with Gasteiger partial charge in [-0.25, -0.2) is 13.2 Å². The molecule has 2 fully saturated rings. The van der Waals surface area contributed by atoms with Crippen LogP contribution in [-0.4, -0.2) is 73.8 Å². The van der Waals surface area contributed by atoms with E-state index in [0.717, 1.165) is 6.26 Å². The fraction of sp³-hybridized carbons (Fsp3) is 0.786. The van der Waals surface area contributed by atoms with E-state index in [-0.39, 0.29) is 13.2 Å². The van der Waals surface area contributed by atoms with Gasteiger partial charge < -0.3 is 10.1 Å². The van der Waals surface area contributed by atoms with Crippen molar-refractivity contribution in [2.75, 3.05) is 25.2 Å². The Balaban J connectivity index is 1.98. The van der Waals surface area contributed by atoms with E-state index in [1.54, 1.807) is 6.92 Å². The van der Waals surface area contributed by atoms with Crippen LogP contribution in [0.4, 0.5) is 4.79 Å². The van der Waals surface area contributed by atoms with Gasteiger partial charge in [0.25, 0.3) is 0 Å². The summed E-state index contributed by atoms with van der Waals surface area (Å²) in [7, 11) is -3.47. The lowest BCUT2D eigenvalue weighted by atomic mass is 10.1. The van der Waals surface area contributed by atoms with E-state index < -0.39 is 56.0 Å². The van der Waals surface area contributed by atoms with Crippen molar-refractivity contribution in [2.24, 2.45) is 5.92 Å². The number of alkyl carbamates (subject to hydrolysis) is 1. The summed E-state index contributed by atoms with van der Waals surface area (Å²) in [6, 6.07) is -0.942. The third-order valence-electron chi connectivity index (χ3n) is 4.12. The van der Waals surface area contributed by atoms with Crippen LogP contribution in [0.15, 0.2) is 0 Å². The molecule has 5 atom stereocenters. The van der Waals surface area contributed by atoms with Crippen molar-refractivity contribution in [3.8, 4) is 0 Å². The van der Waals surface area contributed by atoms with Gasteiger partial charge in [-0.15, -0.1) is 23.4 Å². The summed E-state index contributed by atoms with van der Waals surface area (Å²) in [5.41, 5.74) is -1.08. The van der Waals surface area contributed by atoms with Gasteiger partial charge in [0.05, 0.1) is 23.3 Å². The lowest BCUT2D eigenvalue weighted by Gasteiger charge is -2.34. The molecule has 4 N–H and O–H groups in total. The number of alkyl halides is 1. The van der Waals surface area contributed by atoms with Crippen molar-refractivity contribution in [3.63, 3.8) is 0 Å². The van der Waals surface area contributed by atoms with Gasteiger partial charge in [-0.3, -0.25) is 25.5 Å². The van der Waals surface area contributed by atoms with Crippen LogP contribution in [0.3, 0.4) is 0 Å². The molecule has 3 amide bonds. The van der Waals surface area contributed by atoms with Gasteiger partial charge in [0.15, 0.2) is 15.3 Å². The highest BCUT2D eigenvalue weighted by Crippen LogP contribution is 2.31. The minimum atomic E-state index is -3.47. The zero-order valence-electron chi connectivity index (χ0n) is 14.9. The molecule has 2 aliphatic rings. The summed E-state index contributed by atoms with van der Waals surface area (Å²) >= 11 is 7.52. The molecule has 0 aromatic rings. The molecular weight excluding hydrogens is 420 g/mol. The Morgan fingerprint density at radius 3 is 2.63 bits per heavy atom. The number of amides is 3. The molecule has 2 aliphatic heterocycles. The lowest BCUT2D eigenvalue weighted by Crippen LogP contribution is -2.66. The van der Waals surface area contributed by atoms with Gasteiger partial charge in [-0.2, -0.15) is 0 Å². The van der Waals surface area contributed by atoms with Gasteiger partial charge in [-0.1, -0.05) is 0 Å². The minimum Gasteiger partial charge on any atom is -0.450 e. The summed E-state index contributed by atoms with van der Waals surface area (Å²) in [5, 5.41) is 9.06. The largest absolute Gasteiger partial charge is 0.450 e. The number of ether oxygens (including phenoxy) is 1. The first-order valence-corrected chi connectivity index (χ1v) is 11.8. The minimum absolute atomic E-state index is 0.134. The molecule has 2 heterocycles. The number of carbonyl (C=O) groups excluding carboxylic acids is 3. The maximum absolute atomic E-state index is 12.6. The zero-order chi connectivity index (χ0) is 20.2. The molecule has 0 aromatic carbocycles. The van der Waals surface area contributed by atoms with Gasteiger partial charge in [0.1, 0.15) is 6.04 Å². The fourth-order valence-electron chi connectivity index (χ4n) is 2.77. The highest BCUT2D eigenvalue weighted by Gasteiger charge is 2.41. The first kappa shape index (κ1) is 22.2. The number of nitrogens with one attached hydrogen (secondary N) is 4. The van der Waals surface area contributed by atoms with Crippen LogP contribution < -0.4 is 21.3 Å². The Kier molecular flexibility index (Phi) is 7.74. The van der Waals surface area contributed by atoms with Crippen LogP contribution in [0.25, 0.3) is 0 Å². The summed E-state index contributed by atoms with van der Waals surface area (Å²) in [6.45, 7) is 1.89. The van der Waals surface area contributed by atoms with Crippen molar-refractivity contribution in [2.45, 2.75) is 35.6 Å². The number of hydrogen-bond acceptors (Lipinski definition) is 9. The lowest BCUT2D eigenvalue weighted by molar-refractivity contribution is -0.126. The number of hydrogen-bond donors (Lipinski definition) is 4. The van der Waals surface area contributed by atoms with Gasteiger partial charge >= 0.3 is 6.09 Å². The fourth-order valence-corrected chi connectivity index (χ4v) is 5.17. The molecule has 0 aromatic heterocycles. The normalized spacial score (nSPS) is 31.1. The van der Waals surface area contributed by atoms with Crippen molar-refractivity contribution >= 4 is 51.1 Å². The molecule has 0 radical (unpaired) electrons. The molecule has 2 rings (SSSR count). The molecule has 13 heteroatoms. The SMILES string of the molecule is CCOC(=O)NC(=O)C1CCSC1NC(=O)C1NC(S(C)(=O)=O)NCC1Cl. The molecule has 0 bridgehead atoms. The molecule has 27 heavy (non-hydrogen) atoms. The highest BCUT2D eigenvalue weighted by molar-refractivity contribution is 8.00. The van der Waals surface area contributed by atoms with Crippen molar-refractivity contribution < 1.29 is 27.5 Å². The maximum Gasteiger partial charge on any atom is 0.413 e. The molecule has 154 valence electrons. The second-order valence-corrected chi connectivity index (χ2v) is 10.1. The van der Waals surface area contributed by atoms with Crippen molar-refractivity contribution in [1.29, 1.82) is 0 Å². The summed E-state index contributed by atoms with van der Waals surface area (Å²) in [4.78, 5) is 36.3. The smallest absolute Gasteiger partial charge is 0.413 e. The topological polar surface area (TPSA) is 143 Å². The predicted octanol–water partition coefficient (Wildman–Crippen LogP) is -1.05. The summed E-state index contributed by atoms with van der Waals surface area (Å²) < 4.78 is 28.1. The monoisotopic (exact) mass is 442 g/mol. The second kappa shape index (κ2) is 9.41. The Labute approximate surface area is 166 Å². The van der Waals surface area contributed by atoms with Crippen LogP contribution in [0.2, 0.25) is 0 Å². The molecule has 0 spiro atoms. The molecular formula is C14H23ClN4O6S2. The average molecular weight is 443 g/mol. The van der Waals surface area contributed by atoms with Gasteiger partial charge in [0.2, 0.25) is 11.8 Å². The Bertz CT molecular complexity index is 691. The average Bonchev–Trinajstić information content (AvgIpc) is 3.02. The quantitative estimate of drug-likeness (QED) is 0.392. The number of thioether (sulfide) groups is 1. The molecule has 5 unspecified atom stereocenters. The molecule has 10 nitrogen and oxygen atoms in total. The van der Waals surface area contributed by atoms with Crippen LogP contribution in [-0.2, 0) is 24.2 Å². The molecule has 0 aliphatic carbocycles. The Morgan fingerprint density at radius 1 is 1.30 bits per heavy atom. The number of halogens is 1. The predicted molar refractivity (Wildman–Crippen MR) is 101 cm³/mol. The van der Waals surface area contributed by atoms with Crippen molar-refractivity contribution in [1.82, 2.24) is 21.3 Å². The third kappa shape index (κ3) is 5.95. The number of imide groups is 1. The van der Waals surface area contributed by atoms with Crippen LogP contribution in [0, 0.1) is 5.92 Å². The number of rotatable bonds is 5. The zero-order valence-corrected chi connectivity index (χ0v) is 17.2. The first-order chi connectivity index (χ1) is 12.6.